The van der Waals surface area contributed by atoms with E-state index in [-0.39, 0.29) is 35.3 Å². The van der Waals surface area contributed by atoms with Crippen LogP contribution >= 0.6 is 0 Å². The van der Waals surface area contributed by atoms with E-state index < -0.39 is 113 Å². The van der Waals surface area contributed by atoms with Gasteiger partial charge in [0, 0.05) is 36.8 Å². The fourth-order valence-corrected chi connectivity index (χ4v) is 10.1. The van der Waals surface area contributed by atoms with Crippen LogP contribution in [-0.2, 0) is 42.9 Å². The van der Waals surface area contributed by atoms with E-state index in [0.717, 1.165) is 13.0 Å². The Morgan fingerprint density at radius 1 is 0.889 bits per heavy atom. The van der Waals surface area contributed by atoms with E-state index in [2.05, 4.69) is 11.9 Å². The van der Waals surface area contributed by atoms with Crippen LogP contribution in [0, 0.1) is 16.7 Å². The highest BCUT2D eigenvalue weighted by Crippen LogP contribution is 2.64. The molecule has 15 nitrogen and oxygen atoms in total. The van der Waals surface area contributed by atoms with Crippen molar-refractivity contribution in [3.8, 4) is 0 Å². The van der Waals surface area contributed by atoms with Crippen LogP contribution < -0.4 is 5.32 Å². The van der Waals surface area contributed by atoms with E-state index in [1.807, 2.05) is 0 Å². The number of carbonyl (C=O) groups excluding carboxylic acids is 6. The van der Waals surface area contributed by atoms with Crippen LogP contribution in [0.5, 0.6) is 0 Å². The molecule has 0 aromatic heterocycles. The minimum atomic E-state index is -2.42. The highest BCUT2D eigenvalue weighted by atomic mass is 16.6. The third-order valence-corrected chi connectivity index (χ3v) is 13.6. The first-order valence-corrected chi connectivity index (χ1v) is 20.7. The molecule has 3 aliphatic carbocycles. The van der Waals surface area contributed by atoms with E-state index in [0.29, 0.717) is 5.56 Å². The first-order valence-electron chi connectivity index (χ1n) is 20.7. The maximum absolute atomic E-state index is 15.5. The zero-order valence-electron chi connectivity index (χ0n) is 35.5. The summed E-state index contributed by atoms with van der Waals surface area (Å²) >= 11 is 0. The number of rotatable bonds is 11. The molecule has 4 aliphatic rings. The van der Waals surface area contributed by atoms with Gasteiger partial charge in [0.05, 0.1) is 35.6 Å². The summed E-state index contributed by atoms with van der Waals surface area (Å²) in [5.41, 5.74) is -7.22. The largest absolute Gasteiger partial charge is 0.456 e. The molecule has 1 heterocycles. The fourth-order valence-electron chi connectivity index (χ4n) is 10.1. The number of hydrogen-bond acceptors (Lipinski definition) is 14. The Morgan fingerprint density at radius 3 is 2.03 bits per heavy atom. The van der Waals surface area contributed by atoms with Crippen LogP contribution in [0.15, 0.2) is 115 Å². The van der Waals surface area contributed by atoms with Gasteiger partial charge in [-0.25, -0.2) is 14.4 Å². The lowest BCUT2D eigenvalue weighted by Gasteiger charge is -2.67. The van der Waals surface area contributed by atoms with Crippen LogP contribution in [0.2, 0.25) is 0 Å². The maximum Gasteiger partial charge on any atom is 0.338 e. The summed E-state index contributed by atoms with van der Waals surface area (Å²) in [6, 6.07) is 22.9. The molecule has 332 valence electrons. The Bertz CT molecular complexity index is 2330. The lowest BCUT2D eigenvalue weighted by Crippen LogP contribution is -2.82. The summed E-state index contributed by atoms with van der Waals surface area (Å²) in [5, 5.41) is 40.3. The third kappa shape index (κ3) is 7.56. The third-order valence-electron chi connectivity index (χ3n) is 13.6. The average Bonchev–Trinajstić information content (AvgIpc) is 3.26. The number of hydrogen-bond donors (Lipinski definition) is 4. The van der Waals surface area contributed by atoms with Gasteiger partial charge in [-0.3, -0.25) is 14.4 Å². The van der Waals surface area contributed by atoms with Crippen LogP contribution in [-0.4, -0.2) is 105 Å². The molecular formula is C48H51NO14. The molecule has 3 fully saturated rings. The zero-order valence-corrected chi connectivity index (χ0v) is 35.5. The number of aliphatic hydroxyl groups excluding tert-OH is 2. The van der Waals surface area contributed by atoms with Crippen molar-refractivity contribution < 1.29 is 67.8 Å². The van der Waals surface area contributed by atoms with Crippen molar-refractivity contribution in [2.45, 2.75) is 101 Å². The smallest absolute Gasteiger partial charge is 0.338 e. The van der Waals surface area contributed by atoms with Gasteiger partial charge in [0.2, 0.25) is 0 Å². The maximum atomic E-state index is 15.5. The van der Waals surface area contributed by atoms with Crippen molar-refractivity contribution in [2.24, 2.45) is 16.7 Å². The van der Waals surface area contributed by atoms with Crippen molar-refractivity contribution in [3.05, 3.63) is 131 Å². The normalized spacial score (nSPS) is 31.5. The topological polar surface area (TPSA) is 221 Å². The molecule has 1 amide bonds. The van der Waals surface area contributed by atoms with Crippen molar-refractivity contribution in [1.82, 2.24) is 5.32 Å². The van der Waals surface area contributed by atoms with Crippen LogP contribution in [0.1, 0.15) is 79.8 Å². The predicted molar refractivity (Wildman–Crippen MR) is 222 cm³/mol. The van der Waals surface area contributed by atoms with E-state index >= 15 is 4.79 Å². The number of amides is 1. The Hall–Kier alpha value is -6.00. The number of carbonyl (C=O) groups is 6. The molecule has 1 saturated heterocycles. The first-order chi connectivity index (χ1) is 29.8. The Morgan fingerprint density at radius 2 is 1.48 bits per heavy atom. The highest BCUT2D eigenvalue weighted by molar-refractivity contribution is 5.96. The van der Waals surface area contributed by atoms with Gasteiger partial charge in [-0.1, -0.05) is 87.2 Å². The van der Waals surface area contributed by atoms with Gasteiger partial charge < -0.3 is 44.3 Å². The number of benzene rings is 3. The Balaban J connectivity index is 1.39. The lowest BCUT2D eigenvalue weighted by atomic mass is 9.44. The van der Waals surface area contributed by atoms with Crippen LogP contribution in [0.25, 0.3) is 0 Å². The number of aliphatic hydroxyl groups is 3. The van der Waals surface area contributed by atoms with E-state index in [1.54, 1.807) is 92.7 Å². The lowest BCUT2D eigenvalue weighted by molar-refractivity contribution is -0.345. The second kappa shape index (κ2) is 16.9. The molecule has 7 rings (SSSR count). The zero-order chi connectivity index (χ0) is 45.6. The Kier molecular flexibility index (Phi) is 12.1. The van der Waals surface area contributed by atoms with Gasteiger partial charge >= 0.3 is 23.9 Å². The van der Waals surface area contributed by atoms with E-state index in [1.165, 1.54) is 26.0 Å². The first kappa shape index (κ1) is 45.0. The standard InChI is InChI=1S/C48H51NO14/c1-7-34(52)63-47-25-59-33(47)23-32(51)46(6)39(47)41(62-43(56)30-21-15-10-16-22-30)48(58)24-31(26(2)35(45(48,4)5)38(40(46)54)60-27(3)50)61-44(57)37(53)36(28-17-11-8-12-18-28)49-42(55)29-19-13-9-14-20-29/h7-22,31-33,36-39,41,51,53,58H,1,23-25H2,2-6H3,(H,49,55)/t31-,32-,33+,36-,37+,38+,39-,41-,46+,47-,48+/m0/s1. The molecular weight excluding hydrogens is 815 g/mol. The van der Waals surface area contributed by atoms with E-state index in [9.17, 15) is 39.3 Å². The number of Topliss-reactive ketones (excluding diaryl/α,β-unsaturated/α-hetero) is 1. The summed E-state index contributed by atoms with van der Waals surface area (Å²) in [7, 11) is 0. The summed E-state index contributed by atoms with van der Waals surface area (Å²) in [6.45, 7) is 10.3. The number of esters is 4. The van der Waals surface area contributed by atoms with Crippen molar-refractivity contribution in [3.63, 3.8) is 0 Å². The molecule has 2 bridgehead atoms. The molecule has 4 N–H and O–H groups in total. The summed E-state index contributed by atoms with van der Waals surface area (Å²) < 4.78 is 30.3. The van der Waals surface area contributed by atoms with Crippen molar-refractivity contribution in [1.29, 1.82) is 0 Å². The minimum absolute atomic E-state index is 0.0162. The van der Waals surface area contributed by atoms with Gasteiger partial charge in [-0.15, -0.1) is 0 Å². The second-order valence-electron chi connectivity index (χ2n) is 17.4. The highest BCUT2D eigenvalue weighted by Gasteiger charge is 2.78. The predicted octanol–water partition coefficient (Wildman–Crippen LogP) is 3.90. The van der Waals surface area contributed by atoms with Crippen LogP contribution in [0.4, 0.5) is 0 Å². The van der Waals surface area contributed by atoms with Crippen molar-refractivity contribution in [2.75, 3.05) is 6.61 Å². The van der Waals surface area contributed by atoms with Gasteiger partial charge in [-0.2, -0.15) is 0 Å². The molecule has 0 radical (unpaired) electrons. The molecule has 1 aliphatic heterocycles. The number of fused-ring (bicyclic) bond motifs is 5. The van der Waals surface area contributed by atoms with Gasteiger partial charge in [0.25, 0.3) is 5.91 Å². The quantitative estimate of drug-likeness (QED) is 0.0930. The summed E-state index contributed by atoms with van der Waals surface area (Å²) in [6.07, 6.45) is -9.81. The fraction of sp³-hybridized carbons (Fsp3) is 0.417. The minimum Gasteiger partial charge on any atom is -0.456 e. The second-order valence-corrected chi connectivity index (χ2v) is 17.4. The molecule has 15 heteroatoms. The van der Waals surface area contributed by atoms with Gasteiger partial charge in [0.1, 0.15) is 23.9 Å². The molecule has 63 heavy (non-hydrogen) atoms. The molecule has 11 atom stereocenters. The molecule has 3 aromatic rings. The number of nitrogens with one attached hydrogen (secondary N) is 1. The average molecular weight is 866 g/mol. The van der Waals surface area contributed by atoms with Gasteiger partial charge in [-0.05, 0) is 54.8 Å². The molecule has 3 aromatic carbocycles. The Labute approximate surface area is 364 Å². The SMILES string of the molecule is C=CC(=O)O[C@@]12CO[C@@H]1C[C@H](O)[C@@]1(C)C(=O)[C@H](OC(C)=O)C3=C(C)[C@@H](OC(=O)[C@H](O)[C@@H](NC(=O)c4ccccc4)c4ccccc4)C[C@@](O)([C@@H](OC(=O)c4ccccc4)[C@H]21)C3(C)C. The monoisotopic (exact) mass is 865 g/mol. The molecule has 0 unspecified atom stereocenters. The molecule has 2 saturated carbocycles. The summed E-state index contributed by atoms with van der Waals surface area (Å²) in [5.74, 6) is -7.10. The summed E-state index contributed by atoms with van der Waals surface area (Å²) in [4.78, 5) is 83.9. The van der Waals surface area contributed by atoms with Crippen molar-refractivity contribution >= 4 is 35.6 Å². The number of ether oxygens (including phenoxy) is 5. The number of ketones is 1. The van der Waals surface area contributed by atoms with E-state index in [4.69, 9.17) is 23.7 Å². The van der Waals surface area contributed by atoms with Crippen LogP contribution in [0.3, 0.4) is 0 Å². The van der Waals surface area contributed by atoms with Gasteiger partial charge in [0.15, 0.2) is 23.6 Å². The molecule has 0 spiro atoms.